The first-order valence-corrected chi connectivity index (χ1v) is 6.15. The zero-order valence-electron chi connectivity index (χ0n) is 10.1. The monoisotopic (exact) mass is 272 g/mol. The maximum absolute atomic E-state index is 9.13. The molecule has 3 aromatic rings. The van der Waals surface area contributed by atoms with Gasteiger partial charge in [-0.05, 0) is 41.1 Å². The van der Waals surface area contributed by atoms with Crippen LogP contribution in [-0.2, 0) is 0 Å². The zero-order valence-corrected chi connectivity index (χ0v) is 10.9. The number of hydrogen-bond acceptors (Lipinski definition) is 2. The van der Waals surface area contributed by atoms with Gasteiger partial charge in [0.2, 0.25) is 0 Å². The second-order valence-corrected chi connectivity index (χ2v) is 4.45. The van der Waals surface area contributed by atoms with Gasteiger partial charge in [0.1, 0.15) is 11.5 Å². The first-order valence-electron chi connectivity index (χ1n) is 5.77. The summed E-state index contributed by atoms with van der Waals surface area (Å²) < 4.78 is 0. The molecule has 0 heterocycles. The lowest BCUT2D eigenvalue weighted by atomic mass is 10.1. The highest BCUT2D eigenvalue weighted by atomic mass is 35.5. The molecule has 3 heteroatoms. The van der Waals surface area contributed by atoms with Crippen LogP contribution in [0.25, 0.3) is 10.8 Å². The summed E-state index contributed by atoms with van der Waals surface area (Å²) in [7, 11) is 0. The molecule has 19 heavy (non-hydrogen) atoms. The number of rotatable bonds is 0. The Hall–Kier alpha value is -2.19. The fourth-order valence-electron chi connectivity index (χ4n) is 1.65. The summed E-state index contributed by atoms with van der Waals surface area (Å²) in [6.45, 7) is 0. The van der Waals surface area contributed by atoms with E-state index in [9.17, 15) is 0 Å². The summed E-state index contributed by atoms with van der Waals surface area (Å²) >= 11 is 5.48. The minimum absolute atomic E-state index is 0.206. The molecular formula is C16H13ClO2. The van der Waals surface area contributed by atoms with Gasteiger partial charge in [-0.1, -0.05) is 48.0 Å². The molecule has 0 aromatic heterocycles. The van der Waals surface area contributed by atoms with Crippen molar-refractivity contribution in [2.75, 3.05) is 0 Å². The number of phenols is 2. The van der Waals surface area contributed by atoms with E-state index in [-0.39, 0.29) is 5.75 Å². The molecule has 0 saturated carbocycles. The van der Waals surface area contributed by atoms with E-state index >= 15 is 0 Å². The van der Waals surface area contributed by atoms with Gasteiger partial charge in [0, 0.05) is 5.02 Å². The molecule has 0 aliphatic heterocycles. The van der Waals surface area contributed by atoms with Gasteiger partial charge in [-0.3, -0.25) is 0 Å². The van der Waals surface area contributed by atoms with Crippen LogP contribution in [0.2, 0.25) is 5.02 Å². The average Bonchev–Trinajstić information content (AvgIpc) is 2.39. The molecule has 2 N–H and O–H groups in total. The first-order chi connectivity index (χ1) is 9.15. The Morgan fingerprint density at radius 2 is 1.32 bits per heavy atom. The largest absolute Gasteiger partial charge is 0.508 e. The molecule has 0 aliphatic carbocycles. The number of aromatic hydroxyl groups is 2. The van der Waals surface area contributed by atoms with Crippen molar-refractivity contribution >= 4 is 22.4 Å². The number of halogens is 1. The van der Waals surface area contributed by atoms with Crippen molar-refractivity contribution in [1.29, 1.82) is 0 Å². The summed E-state index contributed by atoms with van der Waals surface area (Å²) in [5.41, 5.74) is 0. The maximum Gasteiger partial charge on any atom is 0.117 e. The van der Waals surface area contributed by atoms with Gasteiger partial charge >= 0.3 is 0 Å². The molecule has 0 bridgehead atoms. The van der Waals surface area contributed by atoms with Crippen LogP contribution in [-0.4, -0.2) is 10.2 Å². The van der Waals surface area contributed by atoms with Crippen molar-refractivity contribution in [1.82, 2.24) is 0 Å². The topological polar surface area (TPSA) is 40.5 Å². The van der Waals surface area contributed by atoms with E-state index in [1.54, 1.807) is 30.3 Å². The Bertz CT molecular complexity index is 663. The maximum atomic E-state index is 9.13. The molecule has 3 aromatic carbocycles. The smallest absolute Gasteiger partial charge is 0.117 e. The summed E-state index contributed by atoms with van der Waals surface area (Å²) in [5.74, 6) is 0.529. The molecule has 0 saturated heterocycles. The van der Waals surface area contributed by atoms with Gasteiger partial charge in [-0.25, -0.2) is 0 Å². The molecule has 0 spiro atoms. The molecule has 2 nitrogen and oxygen atoms in total. The van der Waals surface area contributed by atoms with Crippen LogP contribution in [0.5, 0.6) is 11.5 Å². The molecule has 0 atom stereocenters. The molecule has 96 valence electrons. The Kier molecular flexibility index (Phi) is 4.26. The summed E-state index contributed by atoms with van der Waals surface area (Å²) in [6.07, 6.45) is 0. The van der Waals surface area contributed by atoms with Crippen LogP contribution >= 0.6 is 11.6 Å². The van der Waals surface area contributed by atoms with Crippen molar-refractivity contribution < 1.29 is 10.2 Å². The Morgan fingerprint density at radius 3 is 1.95 bits per heavy atom. The van der Waals surface area contributed by atoms with E-state index in [1.165, 1.54) is 6.07 Å². The van der Waals surface area contributed by atoms with Crippen LogP contribution in [0, 0.1) is 0 Å². The van der Waals surface area contributed by atoms with Gasteiger partial charge in [0.05, 0.1) is 0 Å². The molecule has 0 radical (unpaired) electrons. The molecule has 0 aliphatic rings. The van der Waals surface area contributed by atoms with Crippen LogP contribution in [0.4, 0.5) is 0 Å². The van der Waals surface area contributed by atoms with Crippen molar-refractivity contribution in [2.45, 2.75) is 0 Å². The summed E-state index contributed by atoms with van der Waals surface area (Å²) in [4.78, 5) is 0. The van der Waals surface area contributed by atoms with Crippen LogP contribution < -0.4 is 0 Å². The van der Waals surface area contributed by atoms with E-state index < -0.39 is 0 Å². The molecule has 0 fully saturated rings. The standard InChI is InChI=1S/C10H8O.C6H5ClO/c11-10-6-5-8-3-1-2-4-9(8)7-10;7-5-2-1-3-6(8)4-5/h1-7,11H;1-4,8H. The second-order valence-electron chi connectivity index (χ2n) is 4.01. The lowest BCUT2D eigenvalue weighted by Gasteiger charge is -1.96. The van der Waals surface area contributed by atoms with Crippen molar-refractivity contribution in [3.8, 4) is 11.5 Å². The van der Waals surface area contributed by atoms with E-state index in [4.69, 9.17) is 21.8 Å². The number of hydrogen-bond donors (Lipinski definition) is 2. The quantitative estimate of drug-likeness (QED) is 0.628. The third-order valence-electron chi connectivity index (χ3n) is 2.54. The van der Waals surface area contributed by atoms with E-state index in [2.05, 4.69) is 0 Å². The van der Waals surface area contributed by atoms with Gasteiger partial charge < -0.3 is 10.2 Å². The van der Waals surface area contributed by atoms with Crippen LogP contribution in [0.1, 0.15) is 0 Å². The average molecular weight is 273 g/mol. The SMILES string of the molecule is Oc1ccc2ccccc2c1.Oc1cccc(Cl)c1. The Morgan fingerprint density at radius 1 is 0.632 bits per heavy atom. The minimum Gasteiger partial charge on any atom is -0.508 e. The highest BCUT2D eigenvalue weighted by Crippen LogP contribution is 2.18. The predicted octanol–water partition coefficient (Wildman–Crippen LogP) is 4.59. The van der Waals surface area contributed by atoms with Gasteiger partial charge in [0.15, 0.2) is 0 Å². The molecule has 0 unspecified atom stereocenters. The highest BCUT2D eigenvalue weighted by molar-refractivity contribution is 6.30. The van der Waals surface area contributed by atoms with E-state index in [1.807, 2.05) is 30.3 Å². The molecule has 3 rings (SSSR count). The number of fused-ring (bicyclic) bond motifs is 1. The van der Waals surface area contributed by atoms with Crippen molar-refractivity contribution in [2.24, 2.45) is 0 Å². The van der Waals surface area contributed by atoms with Gasteiger partial charge in [0.25, 0.3) is 0 Å². The van der Waals surface area contributed by atoms with E-state index in [0.717, 1.165) is 10.8 Å². The van der Waals surface area contributed by atoms with Crippen molar-refractivity contribution in [3.63, 3.8) is 0 Å². The fraction of sp³-hybridized carbons (Fsp3) is 0. The Balaban J connectivity index is 0.000000148. The zero-order chi connectivity index (χ0) is 13.7. The van der Waals surface area contributed by atoms with Crippen LogP contribution in [0.15, 0.2) is 66.7 Å². The summed E-state index contributed by atoms with van der Waals surface area (Å²) in [5, 5.41) is 20.7. The molecule has 0 amide bonds. The second kappa shape index (κ2) is 6.12. The third-order valence-corrected chi connectivity index (χ3v) is 2.78. The third kappa shape index (κ3) is 3.90. The lowest BCUT2D eigenvalue weighted by Crippen LogP contribution is -1.69. The number of benzene rings is 3. The first kappa shape index (κ1) is 13.2. The van der Waals surface area contributed by atoms with Crippen molar-refractivity contribution in [3.05, 3.63) is 71.8 Å². The number of phenolic OH excluding ortho intramolecular Hbond substituents is 2. The molecular weight excluding hydrogens is 260 g/mol. The lowest BCUT2D eigenvalue weighted by molar-refractivity contribution is 0.475. The van der Waals surface area contributed by atoms with Crippen LogP contribution in [0.3, 0.4) is 0 Å². The Labute approximate surface area is 116 Å². The summed E-state index contributed by atoms with van der Waals surface area (Å²) in [6, 6.07) is 19.8. The fourth-order valence-corrected chi connectivity index (χ4v) is 1.84. The van der Waals surface area contributed by atoms with Gasteiger partial charge in [-0.2, -0.15) is 0 Å². The van der Waals surface area contributed by atoms with Gasteiger partial charge in [-0.15, -0.1) is 0 Å². The van der Waals surface area contributed by atoms with E-state index in [0.29, 0.717) is 10.8 Å². The minimum atomic E-state index is 0.206. The highest BCUT2D eigenvalue weighted by Gasteiger charge is 1.91. The normalized spacial score (nSPS) is 9.74. The predicted molar refractivity (Wildman–Crippen MR) is 78.7 cm³/mol.